The molecule has 0 aliphatic rings. The van der Waals surface area contributed by atoms with Gasteiger partial charge in [0.05, 0.1) is 19.6 Å². The Morgan fingerprint density at radius 2 is 2.15 bits per heavy atom. The van der Waals surface area contributed by atoms with Gasteiger partial charge in [0, 0.05) is 6.61 Å². The van der Waals surface area contributed by atoms with E-state index >= 15 is 0 Å². The van der Waals surface area contributed by atoms with Crippen molar-refractivity contribution < 1.29 is 14.4 Å². The molecule has 0 radical (unpaired) electrons. The van der Waals surface area contributed by atoms with Crippen molar-refractivity contribution in [3.8, 4) is 0 Å². The monoisotopic (exact) mass is 189 g/mol. The minimum absolute atomic E-state index is 0.130. The number of hydrogen-bond acceptors (Lipinski definition) is 3. The highest BCUT2D eigenvalue weighted by molar-refractivity contribution is 5.74. The standard InChI is InChI=1S/C9H19NO3/c1-4-12-6-5-9(11)10-13-7-8(2)3/h8H,4-7H2,1-3H3,(H,10,11). The van der Waals surface area contributed by atoms with E-state index < -0.39 is 0 Å². The summed E-state index contributed by atoms with van der Waals surface area (Å²) in [5, 5.41) is 0. The molecule has 0 spiro atoms. The van der Waals surface area contributed by atoms with Gasteiger partial charge in [0.25, 0.3) is 0 Å². The van der Waals surface area contributed by atoms with Gasteiger partial charge in [-0.3, -0.25) is 9.63 Å². The highest BCUT2D eigenvalue weighted by atomic mass is 16.7. The summed E-state index contributed by atoms with van der Waals surface area (Å²) in [5.74, 6) is 0.293. The molecule has 0 aliphatic heterocycles. The van der Waals surface area contributed by atoms with E-state index in [-0.39, 0.29) is 5.91 Å². The van der Waals surface area contributed by atoms with Crippen molar-refractivity contribution in [1.82, 2.24) is 5.48 Å². The maximum Gasteiger partial charge on any atom is 0.245 e. The number of amides is 1. The van der Waals surface area contributed by atoms with Gasteiger partial charge in [0.15, 0.2) is 0 Å². The van der Waals surface area contributed by atoms with Crippen LogP contribution >= 0.6 is 0 Å². The zero-order valence-corrected chi connectivity index (χ0v) is 8.63. The zero-order chi connectivity index (χ0) is 10.1. The van der Waals surface area contributed by atoms with Crippen molar-refractivity contribution in [3.63, 3.8) is 0 Å². The van der Waals surface area contributed by atoms with Crippen LogP contribution in [0.15, 0.2) is 0 Å². The maximum absolute atomic E-state index is 11.0. The van der Waals surface area contributed by atoms with Crippen LogP contribution in [-0.4, -0.2) is 25.7 Å². The van der Waals surface area contributed by atoms with Crippen molar-refractivity contribution >= 4 is 5.91 Å². The fourth-order valence-corrected chi connectivity index (χ4v) is 0.649. The Kier molecular flexibility index (Phi) is 7.63. The van der Waals surface area contributed by atoms with E-state index in [9.17, 15) is 4.79 Å². The number of hydrogen-bond donors (Lipinski definition) is 1. The molecule has 1 amide bonds. The zero-order valence-electron chi connectivity index (χ0n) is 8.63. The highest BCUT2D eigenvalue weighted by Crippen LogP contribution is 1.90. The van der Waals surface area contributed by atoms with Crippen molar-refractivity contribution in [2.75, 3.05) is 19.8 Å². The Morgan fingerprint density at radius 1 is 1.46 bits per heavy atom. The first kappa shape index (κ1) is 12.4. The Morgan fingerprint density at radius 3 is 2.69 bits per heavy atom. The molecule has 4 heteroatoms. The predicted molar refractivity (Wildman–Crippen MR) is 50.0 cm³/mol. The van der Waals surface area contributed by atoms with Gasteiger partial charge in [-0.25, -0.2) is 5.48 Å². The molecule has 0 bridgehead atoms. The van der Waals surface area contributed by atoms with Gasteiger partial charge >= 0.3 is 0 Å². The minimum Gasteiger partial charge on any atom is -0.381 e. The molecule has 4 nitrogen and oxygen atoms in total. The van der Waals surface area contributed by atoms with Crippen LogP contribution in [0.1, 0.15) is 27.2 Å². The van der Waals surface area contributed by atoms with Crippen LogP contribution in [0.4, 0.5) is 0 Å². The summed E-state index contributed by atoms with van der Waals surface area (Å²) in [4.78, 5) is 15.9. The topological polar surface area (TPSA) is 47.6 Å². The summed E-state index contributed by atoms with van der Waals surface area (Å²) in [6.45, 7) is 7.57. The van der Waals surface area contributed by atoms with Crippen LogP contribution in [0.2, 0.25) is 0 Å². The van der Waals surface area contributed by atoms with Crippen LogP contribution < -0.4 is 5.48 Å². The molecule has 0 atom stereocenters. The molecule has 1 N–H and O–H groups in total. The van der Waals surface area contributed by atoms with E-state index in [1.54, 1.807) is 0 Å². The fourth-order valence-electron chi connectivity index (χ4n) is 0.649. The van der Waals surface area contributed by atoms with E-state index in [2.05, 4.69) is 5.48 Å². The molecule has 0 saturated carbocycles. The van der Waals surface area contributed by atoms with Crippen molar-refractivity contribution in [3.05, 3.63) is 0 Å². The summed E-state index contributed by atoms with van der Waals surface area (Å²) in [6, 6.07) is 0. The third-order valence-electron chi connectivity index (χ3n) is 1.28. The normalized spacial score (nSPS) is 10.5. The second kappa shape index (κ2) is 8.01. The number of carbonyl (C=O) groups is 1. The lowest BCUT2D eigenvalue weighted by Gasteiger charge is -2.07. The highest BCUT2D eigenvalue weighted by Gasteiger charge is 2.01. The largest absolute Gasteiger partial charge is 0.381 e. The van der Waals surface area contributed by atoms with Gasteiger partial charge in [0.2, 0.25) is 5.91 Å². The van der Waals surface area contributed by atoms with E-state index in [1.165, 1.54) is 0 Å². The van der Waals surface area contributed by atoms with E-state index in [0.717, 1.165) is 0 Å². The average molecular weight is 189 g/mol. The van der Waals surface area contributed by atoms with Gasteiger partial charge in [-0.2, -0.15) is 0 Å². The molecule has 0 aromatic carbocycles. The summed E-state index contributed by atoms with van der Waals surface area (Å²) < 4.78 is 5.02. The number of nitrogens with one attached hydrogen (secondary N) is 1. The van der Waals surface area contributed by atoms with E-state index in [1.807, 2.05) is 20.8 Å². The lowest BCUT2D eigenvalue weighted by atomic mass is 10.2. The van der Waals surface area contributed by atoms with Crippen LogP contribution in [0.25, 0.3) is 0 Å². The Hall–Kier alpha value is -0.610. The summed E-state index contributed by atoms with van der Waals surface area (Å²) in [5.41, 5.74) is 2.35. The number of hydroxylamine groups is 1. The molecule has 0 aromatic rings. The van der Waals surface area contributed by atoms with Crippen LogP contribution in [0.5, 0.6) is 0 Å². The van der Waals surface area contributed by atoms with Crippen molar-refractivity contribution in [2.24, 2.45) is 5.92 Å². The fraction of sp³-hybridized carbons (Fsp3) is 0.889. The number of ether oxygens (including phenoxy) is 1. The molecule has 0 heterocycles. The number of rotatable bonds is 7. The Bertz CT molecular complexity index is 137. The minimum atomic E-state index is -0.130. The molecule has 0 unspecified atom stereocenters. The average Bonchev–Trinajstić information content (AvgIpc) is 2.04. The lowest BCUT2D eigenvalue weighted by molar-refractivity contribution is -0.135. The van der Waals surface area contributed by atoms with Gasteiger partial charge in [-0.05, 0) is 12.8 Å². The molecular weight excluding hydrogens is 170 g/mol. The van der Waals surface area contributed by atoms with Gasteiger partial charge in [-0.15, -0.1) is 0 Å². The Labute approximate surface area is 79.6 Å². The van der Waals surface area contributed by atoms with Gasteiger partial charge < -0.3 is 4.74 Å². The second-order valence-corrected chi connectivity index (χ2v) is 3.18. The molecular formula is C9H19NO3. The van der Waals surface area contributed by atoms with Crippen molar-refractivity contribution in [1.29, 1.82) is 0 Å². The smallest absolute Gasteiger partial charge is 0.245 e. The van der Waals surface area contributed by atoms with E-state index in [4.69, 9.17) is 9.57 Å². The maximum atomic E-state index is 11.0. The summed E-state index contributed by atoms with van der Waals surface area (Å²) in [6.07, 6.45) is 0.353. The van der Waals surface area contributed by atoms with Gasteiger partial charge in [0.1, 0.15) is 0 Å². The predicted octanol–water partition coefficient (Wildman–Crippen LogP) is 1.12. The molecule has 0 rings (SSSR count). The summed E-state index contributed by atoms with van der Waals surface area (Å²) in [7, 11) is 0. The first-order valence-corrected chi connectivity index (χ1v) is 4.65. The molecule has 0 saturated heterocycles. The third kappa shape index (κ3) is 9.30. The molecule has 0 aromatic heterocycles. The lowest BCUT2D eigenvalue weighted by Crippen LogP contribution is -2.26. The summed E-state index contributed by atoms with van der Waals surface area (Å²) >= 11 is 0. The third-order valence-corrected chi connectivity index (χ3v) is 1.28. The quantitative estimate of drug-likeness (QED) is 0.482. The Balaban J connectivity index is 3.20. The molecule has 0 aliphatic carbocycles. The SMILES string of the molecule is CCOCCC(=O)NOCC(C)C. The van der Waals surface area contributed by atoms with Crippen LogP contribution in [0.3, 0.4) is 0 Å². The molecule has 78 valence electrons. The second-order valence-electron chi connectivity index (χ2n) is 3.18. The molecule has 0 fully saturated rings. The first-order valence-electron chi connectivity index (χ1n) is 4.65. The molecule has 13 heavy (non-hydrogen) atoms. The van der Waals surface area contributed by atoms with Crippen molar-refractivity contribution in [2.45, 2.75) is 27.2 Å². The van der Waals surface area contributed by atoms with E-state index in [0.29, 0.717) is 32.2 Å². The van der Waals surface area contributed by atoms with Gasteiger partial charge in [-0.1, -0.05) is 13.8 Å². The first-order chi connectivity index (χ1) is 6.16. The van der Waals surface area contributed by atoms with Crippen LogP contribution in [0, 0.1) is 5.92 Å². The number of carbonyl (C=O) groups excluding carboxylic acids is 1. The van der Waals surface area contributed by atoms with Crippen LogP contribution in [-0.2, 0) is 14.4 Å².